The van der Waals surface area contributed by atoms with Crippen molar-refractivity contribution in [1.29, 1.82) is 0 Å². The van der Waals surface area contributed by atoms with Gasteiger partial charge in [0.1, 0.15) is 0 Å². The Morgan fingerprint density at radius 2 is 2.27 bits per heavy atom. The standard InChI is InChI=1S/C9H16N2O4/c1-3-10(2)9(14)11-4-5-15-6-7(11)8(12)13/h7H,3-6H2,1-2H3,(H,12,13). The molecule has 0 saturated carbocycles. The van der Waals surface area contributed by atoms with Crippen LogP contribution in [0.2, 0.25) is 0 Å². The van der Waals surface area contributed by atoms with Gasteiger partial charge in [-0.05, 0) is 6.92 Å². The summed E-state index contributed by atoms with van der Waals surface area (Å²) in [6, 6.07) is -1.12. The molecule has 1 unspecified atom stereocenters. The number of urea groups is 1. The second-order valence-corrected chi connectivity index (χ2v) is 3.42. The summed E-state index contributed by atoms with van der Waals surface area (Å²) in [7, 11) is 1.65. The van der Waals surface area contributed by atoms with Crippen molar-refractivity contribution < 1.29 is 19.4 Å². The maximum atomic E-state index is 11.8. The van der Waals surface area contributed by atoms with Crippen LogP contribution in [-0.2, 0) is 9.53 Å². The summed E-state index contributed by atoms with van der Waals surface area (Å²) in [6.45, 7) is 3.20. The van der Waals surface area contributed by atoms with E-state index in [4.69, 9.17) is 9.84 Å². The van der Waals surface area contributed by atoms with Crippen molar-refractivity contribution in [3.05, 3.63) is 0 Å². The van der Waals surface area contributed by atoms with Crippen molar-refractivity contribution in [2.24, 2.45) is 0 Å². The SMILES string of the molecule is CCN(C)C(=O)N1CCOCC1C(=O)O. The fourth-order valence-corrected chi connectivity index (χ4v) is 1.39. The highest BCUT2D eigenvalue weighted by Gasteiger charge is 2.33. The third-order valence-electron chi connectivity index (χ3n) is 2.46. The van der Waals surface area contributed by atoms with Gasteiger partial charge in [0.15, 0.2) is 6.04 Å². The Balaban J connectivity index is 2.71. The highest BCUT2D eigenvalue weighted by molar-refractivity contribution is 5.82. The van der Waals surface area contributed by atoms with E-state index >= 15 is 0 Å². The van der Waals surface area contributed by atoms with Crippen LogP contribution >= 0.6 is 0 Å². The van der Waals surface area contributed by atoms with Crippen LogP contribution in [0, 0.1) is 0 Å². The zero-order valence-corrected chi connectivity index (χ0v) is 8.97. The monoisotopic (exact) mass is 216 g/mol. The molecule has 0 aromatic rings. The average Bonchev–Trinajstić information content (AvgIpc) is 2.27. The van der Waals surface area contributed by atoms with Gasteiger partial charge in [0, 0.05) is 20.1 Å². The van der Waals surface area contributed by atoms with E-state index in [2.05, 4.69) is 0 Å². The van der Waals surface area contributed by atoms with Crippen molar-refractivity contribution in [2.45, 2.75) is 13.0 Å². The minimum absolute atomic E-state index is 0.0681. The van der Waals surface area contributed by atoms with Gasteiger partial charge < -0.3 is 19.6 Å². The summed E-state index contributed by atoms with van der Waals surface area (Å²) in [5.74, 6) is -1.02. The molecule has 1 N–H and O–H groups in total. The lowest BCUT2D eigenvalue weighted by Crippen LogP contribution is -2.55. The summed E-state index contributed by atoms with van der Waals surface area (Å²) in [4.78, 5) is 25.5. The smallest absolute Gasteiger partial charge is 0.328 e. The van der Waals surface area contributed by atoms with Crippen LogP contribution in [-0.4, -0.2) is 66.3 Å². The maximum absolute atomic E-state index is 11.8. The van der Waals surface area contributed by atoms with Crippen molar-refractivity contribution >= 4 is 12.0 Å². The Hall–Kier alpha value is -1.30. The van der Waals surface area contributed by atoms with Gasteiger partial charge in [0.25, 0.3) is 0 Å². The first-order chi connectivity index (χ1) is 7.07. The minimum atomic E-state index is -1.02. The van der Waals surface area contributed by atoms with Crippen molar-refractivity contribution in [1.82, 2.24) is 9.80 Å². The molecular formula is C9H16N2O4. The van der Waals surface area contributed by atoms with Gasteiger partial charge in [-0.25, -0.2) is 9.59 Å². The Labute approximate surface area is 88.4 Å². The van der Waals surface area contributed by atoms with Gasteiger partial charge in [-0.1, -0.05) is 0 Å². The molecule has 6 heteroatoms. The summed E-state index contributed by atoms with van der Waals surface area (Å²) in [5.41, 5.74) is 0. The van der Waals surface area contributed by atoms with E-state index in [0.717, 1.165) is 0 Å². The van der Waals surface area contributed by atoms with E-state index in [1.807, 2.05) is 6.92 Å². The Bertz CT molecular complexity index is 256. The maximum Gasteiger partial charge on any atom is 0.328 e. The number of carboxylic acid groups (broad SMARTS) is 1. The number of carbonyl (C=O) groups is 2. The number of hydrogen-bond donors (Lipinski definition) is 1. The molecule has 1 rings (SSSR count). The number of ether oxygens (including phenoxy) is 1. The molecule has 0 bridgehead atoms. The first kappa shape index (κ1) is 11.8. The van der Waals surface area contributed by atoms with Gasteiger partial charge in [0.05, 0.1) is 13.2 Å². The highest BCUT2D eigenvalue weighted by Crippen LogP contribution is 2.09. The third-order valence-corrected chi connectivity index (χ3v) is 2.46. The fraction of sp³-hybridized carbons (Fsp3) is 0.778. The van der Waals surface area contributed by atoms with Crippen molar-refractivity contribution in [3.63, 3.8) is 0 Å². The van der Waals surface area contributed by atoms with Gasteiger partial charge in [-0.2, -0.15) is 0 Å². The van der Waals surface area contributed by atoms with Crippen LogP contribution in [0.15, 0.2) is 0 Å². The molecular weight excluding hydrogens is 200 g/mol. The van der Waals surface area contributed by atoms with Gasteiger partial charge in [-0.3, -0.25) is 0 Å². The lowest BCUT2D eigenvalue weighted by atomic mass is 10.2. The first-order valence-corrected chi connectivity index (χ1v) is 4.90. The van der Waals surface area contributed by atoms with Crippen LogP contribution in [0.1, 0.15) is 6.92 Å². The lowest BCUT2D eigenvalue weighted by Gasteiger charge is -2.35. The molecule has 86 valence electrons. The molecule has 1 fully saturated rings. The molecule has 0 aromatic heterocycles. The number of rotatable bonds is 2. The fourth-order valence-electron chi connectivity index (χ4n) is 1.39. The number of hydrogen-bond acceptors (Lipinski definition) is 3. The molecule has 1 aliphatic heterocycles. The molecule has 1 heterocycles. The zero-order chi connectivity index (χ0) is 11.4. The third kappa shape index (κ3) is 2.59. The topological polar surface area (TPSA) is 70.1 Å². The molecule has 0 radical (unpaired) electrons. The van der Waals surface area contributed by atoms with Crippen LogP contribution in [0.25, 0.3) is 0 Å². The highest BCUT2D eigenvalue weighted by atomic mass is 16.5. The number of carbonyl (C=O) groups excluding carboxylic acids is 1. The van der Waals surface area contributed by atoms with Crippen LogP contribution in [0.4, 0.5) is 4.79 Å². The molecule has 2 amide bonds. The average molecular weight is 216 g/mol. The number of carboxylic acids is 1. The zero-order valence-electron chi connectivity index (χ0n) is 8.97. The molecule has 0 spiro atoms. The molecule has 15 heavy (non-hydrogen) atoms. The lowest BCUT2D eigenvalue weighted by molar-refractivity contribution is -0.147. The van der Waals surface area contributed by atoms with Crippen LogP contribution in [0.3, 0.4) is 0 Å². The van der Waals surface area contributed by atoms with E-state index in [-0.39, 0.29) is 12.6 Å². The first-order valence-electron chi connectivity index (χ1n) is 4.90. The second kappa shape index (κ2) is 4.97. The summed E-state index contributed by atoms with van der Waals surface area (Å²) < 4.78 is 5.04. The van der Waals surface area contributed by atoms with Gasteiger partial charge in [-0.15, -0.1) is 0 Å². The van der Waals surface area contributed by atoms with Crippen molar-refractivity contribution in [2.75, 3.05) is 33.4 Å². The van der Waals surface area contributed by atoms with Crippen LogP contribution < -0.4 is 0 Å². The van der Waals surface area contributed by atoms with E-state index in [9.17, 15) is 9.59 Å². The Morgan fingerprint density at radius 3 is 2.80 bits per heavy atom. The number of nitrogens with zero attached hydrogens (tertiary/aromatic N) is 2. The molecule has 0 aliphatic carbocycles. The number of amides is 2. The molecule has 1 atom stereocenters. The molecule has 0 aromatic carbocycles. The molecule has 1 saturated heterocycles. The van der Waals surface area contributed by atoms with E-state index in [1.165, 1.54) is 9.80 Å². The van der Waals surface area contributed by atoms with Gasteiger partial charge in [0.2, 0.25) is 0 Å². The normalized spacial score (nSPS) is 21.2. The Kier molecular flexibility index (Phi) is 3.90. The van der Waals surface area contributed by atoms with E-state index < -0.39 is 12.0 Å². The van der Waals surface area contributed by atoms with E-state index in [0.29, 0.717) is 19.7 Å². The predicted octanol–water partition coefficient (Wildman–Crippen LogP) is -0.156. The summed E-state index contributed by atoms with van der Waals surface area (Å²) >= 11 is 0. The number of morpholine rings is 1. The Morgan fingerprint density at radius 1 is 1.60 bits per heavy atom. The second-order valence-electron chi connectivity index (χ2n) is 3.42. The van der Waals surface area contributed by atoms with Crippen LogP contribution in [0.5, 0.6) is 0 Å². The summed E-state index contributed by atoms with van der Waals surface area (Å²) in [5, 5.41) is 8.92. The van der Waals surface area contributed by atoms with E-state index in [1.54, 1.807) is 7.05 Å². The largest absolute Gasteiger partial charge is 0.480 e. The number of aliphatic carboxylic acids is 1. The summed E-state index contributed by atoms with van der Waals surface area (Å²) in [6.07, 6.45) is 0. The molecule has 6 nitrogen and oxygen atoms in total. The predicted molar refractivity (Wildman–Crippen MR) is 52.6 cm³/mol. The molecule has 1 aliphatic rings. The van der Waals surface area contributed by atoms with Gasteiger partial charge >= 0.3 is 12.0 Å². The quantitative estimate of drug-likeness (QED) is 0.696. The van der Waals surface area contributed by atoms with Crippen molar-refractivity contribution in [3.8, 4) is 0 Å². The minimum Gasteiger partial charge on any atom is -0.480 e.